The van der Waals surface area contributed by atoms with Crippen LogP contribution in [0.5, 0.6) is 0 Å². The van der Waals surface area contributed by atoms with E-state index < -0.39 is 0 Å². The van der Waals surface area contributed by atoms with Crippen molar-refractivity contribution in [1.29, 1.82) is 0 Å². The van der Waals surface area contributed by atoms with Gasteiger partial charge in [0.2, 0.25) is 0 Å². The first-order valence-corrected chi connectivity index (χ1v) is 5.65. The minimum Gasteiger partial charge on any atom is -0.395 e. The van der Waals surface area contributed by atoms with Gasteiger partial charge in [0, 0.05) is 30.9 Å². The van der Waals surface area contributed by atoms with Gasteiger partial charge < -0.3 is 5.11 Å². The number of rotatable bonds is 4. The fourth-order valence-electron chi connectivity index (χ4n) is 2.20. The highest BCUT2D eigenvalue weighted by Gasteiger charge is 2.22. The molecule has 0 radical (unpaired) electrons. The molecule has 82 valence electrons. The summed E-state index contributed by atoms with van der Waals surface area (Å²) in [5.41, 5.74) is 1.14. The van der Waals surface area contributed by atoms with E-state index in [1.54, 1.807) is 0 Å². The molecule has 15 heavy (non-hydrogen) atoms. The quantitative estimate of drug-likeness (QED) is 0.801. The molecule has 1 saturated heterocycles. The van der Waals surface area contributed by atoms with Crippen LogP contribution < -0.4 is 0 Å². The van der Waals surface area contributed by atoms with Gasteiger partial charge in [-0.1, -0.05) is 6.07 Å². The summed E-state index contributed by atoms with van der Waals surface area (Å²) in [5, 5.41) is 9.18. The van der Waals surface area contributed by atoms with Crippen LogP contribution in [0.2, 0.25) is 0 Å². The third-order valence-electron chi connectivity index (χ3n) is 3.09. The molecule has 1 fully saturated rings. The molecule has 1 aromatic heterocycles. The number of aliphatic hydroxyl groups is 1. The summed E-state index contributed by atoms with van der Waals surface area (Å²) in [5.74, 6) is 0. The summed E-state index contributed by atoms with van der Waals surface area (Å²) in [7, 11) is 0. The smallest absolute Gasteiger partial charge is 0.0586 e. The van der Waals surface area contributed by atoms with Crippen LogP contribution in [0.25, 0.3) is 0 Å². The summed E-state index contributed by atoms with van der Waals surface area (Å²) in [6, 6.07) is 6.41. The molecule has 2 heterocycles. The Morgan fingerprint density at radius 1 is 1.47 bits per heavy atom. The van der Waals surface area contributed by atoms with Gasteiger partial charge in [-0.15, -0.1) is 0 Å². The molecule has 0 bridgehead atoms. The van der Waals surface area contributed by atoms with E-state index in [1.165, 1.54) is 6.42 Å². The van der Waals surface area contributed by atoms with Crippen LogP contribution in [0.3, 0.4) is 0 Å². The molecule has 0 spiro atoms. The second-order valence-corrected chi connectivity index (χ2v) is 4.09. The predicted octanol–water partition coefficient (Wildman–Crippen LogP) is 1.08. The number of pyridine rings is 1. The summed E-state index contributed by atoms with van der Waals surface area (Å²) in [6.07, 6.45) is 5.17. The van der Waals surface area contributed by atoms with E-state index in [0.717, 1.165) is 31.6 Å². The average Bonchev–Trinajstić information content (AvgIpc) is 2.75. The van der Waals surface area contributed by atoms with Crippen molar-refractivity contribution in [3.63, 3.8) is 0 Å². The lowest BCUT2D eigenvalue weighted by Gasteiger charge is -2.22. The van der Waals surface area contributed by atoms with Crippen molar-refractivity contribution in [3.05, 3.63) is 30.1 Å². The van der Waals surface area contributed by atoms with Gasteiger partial charge in [-0.05, 0) is 31.5 Å². The predicted molar refractivity (Wildman–Crippen MR) is 59.6 cm³/mol. The van der Waals surface area contributed by atoms with Crippen LogP contribution in [-0.2, 0) is 6.42 Å². The molecule has 3 nitrogen and oxygen atoms in total. The maximum Gasteiger partial charge on any atom is 0.0586 e. The molecule has 0 unspecified atom stereocenters. The van der Waals surface area contributed by atoms with Gasteiger partial charge in [0.25, 0.3) is 0 Å². The molecule has 1 aromatic rings. The maximum atomic E-state index is 9.18. The van der Waals surface area contributed by atoms with Crippen molar-refractivity contribution in [2.45, 2.75) is 25.3 Å². The Bertz CT molecular complexity index is 289. The van der Waals surface area contributed by atoms with Crippen LogP contribution in [0.15, 0.2) is 24.4 Å². The standard InChI is InChI=1S/C12H18N2O/c15-10-12-5-3-8-14(12)9-6-11-4-1-2-7-13-11/h1-2,4,7,12,15H,3,5-6,8-10H2/t12-/m1/s1. The zero-order chi connectivity index (χ0) is 10.5. The fourth-order valence-corrected chi connectivity index (χ4v) is 2.20. The van der Waals surface area contributed by atoms with Crippen molar-refractivity contribution < 1.29 is 5.11 Å². The molecular weight excluding hydrogens is 188 g/mol. The van der Waals surface area contributed by atoms with E-state index in [1.807, 2.05) is 18.3 Å². The second kappa shape index (κ2) is 5.24. The number of hydrogen-bond donors (Lipinski definition) is 1. The summed E-state index contributed by atoms with van der Waals surface area (Å²) < 4.78 is 0. The first kappa shape index (κ1) is 10.6. The summed E-state index contributed by atoms with van der Waals surface area (Å²) in [4.78, 5) is 6.67. The third kappa shape index (κ3) is 2.76. The van der Waals surface area contributed by atoms with Crippen molar-refractivity contribution in [3.8, 4) is 0 Å². The maximum absolute atomic E-state index is 9.18. The second-order valence-electron chi connectivity index (χ2n) is 4.09. The Morgan fingerprint density at radius 3 is 3.13 bits per heavy atom. The third-order valence-corrected chi connectivity index (χ3v) is 3.09. The van der Waals surface area contributed by atoms with Crippen LogP contribution in [0.1, 0.15) is 18.5 Å². The van der Waals surface area contributed by atoms with Crippen LogP contribution in [-0.4, -0.2) is 40.7 Å². The van der Waals surface area contributed by atoms with Crippen molar-refractivity contribution in [1.82, 2.24) is 9.88 Å². The molecule has 0 aromatic carbocycles. The fraction of sp³-hybridized carbons (Fsp3) is 0.583. The largest absolute Gasteiger partial charge is 0.395 e. The van der Waals surface area contributed by atoms with Gasteiger partial charge in [0.1, 0.15) is 0 Å². The molecule has 1 atom stereocenters. The molecule has 0 saturated carbocycles. The van der Waals surface area contributed by atoms with Crippen LogP contribution >= 0.6 is 0 Å². The van der Waals surface area contributed by atoms with Crippen molar-refractivity contribution >= 4 is 0 Å². The summed E-state index contributed by atoms with van der Waals surface area (Å²) >= 11 is 0. The minimum atomic E-state index is 0.294. The molecule has 0 aliphatic carbocycles. The van der Waals surface area contributed by atoms with E-state index in [4.69, 9.17) is 0 Å². The number of aromatic nitrogens is 1. The molecule has 2 rings (SSSR count). The number of hydrogen-bond acceptors (Lipinski definition) is 3. The van der Waals surface area contributed by atoms with Crippen molar-refractivity contribution in [2.24, 2.45) is 0 Å². The molecule has 1 aliphatic heterocycles. The Balaban J connectivity index is 1.83. The lowest BCUT2D eigenvalue weighted by Crippen LogP contribution is -2.33. The average molecular weight is 206 g/mol. The first-order chi connectivity index (χ1) is 7.40. The normalized spacial score (nSPS) is 22.1. The number of aliphatic hydroxyl groups excluding tert-OH is 1. The highest BCUT2D eigenvalue weighted by molar-refractivity contribution is 5.04. The van der Waals surface area contributed by atoms with E-state index in [9.17, 15) is 5.11 Å². The topological polar surface area (TPSA) is 36.4 Å². The zero-order valence-corrected chi connectivity index (χ0v) is 8.97. The highest BCUT2D eigenvalue weighted by Crippen LogP contribution is 2.16. The van der Waals surface area contributed by atoms with Crippen molar-refractivity contribution in [2.75, 3.05) is 19.7 Å². The Labute approximate surface area is 90.8 Å². The molecule has 3 heteroatoms. The Kier molecular flexibility index (Phi) is 3.69. The molecular formula is C12H18N2O. The highest BCUT2D eigenvalue weighted by atomic mass is 16.3. The van der Waals surface area contributed by atoms with Gasteiger partial charge in [-0.2, -0.15) is 0 Å². The van der Waals surface area contributed by atoms with Crippen LogP contribution in [0.4, 0.5) is 0 Å². The SMILES string of the molecule is OC[C@H]1CCCN1CCc1ccccn1. The van der Waals surface area contributed by atoms with Crippen LogP contribution in [0, 0.1) is 0 Å². The van der Waals surface area contributed by atoms with Gasteiger partial charge in [-0.3, -0.25) is 9.88 Å². The van der Waals surface area contributed by atoms with E-state index >= 15 is 0 Å². The number of likely N-dealkylation sites (tertiary alicyclic amines) is 1. The lowest BCUT2D eigenvalue weighted by molar-refractivity contribution is 0.160. The summed E-state index contributed by atoms with van der Waals surface area (Å²) in [6.45, 7) is 2.43. The van der Waals surface area contributed by atoms with E-state index in [2.05, 4.69) is 16.0 Å². The molecule has 1 aliphatic rings. The van der Waals surface area contributed by atoms with E-state index in [-0.39, 0.29) is 0 Å². The van der Waals surface area contributed by atoms with Gasteiger partial charge in [0.05, 0.1) is 6.61 Å². The molecule has 1 N–H and O–H groups in total. The monoisotopic (exact) mass is 206 g/mol. The van der Waals surface area contributed by atoms with E-state index in [0.29, 0.717) is 12.6 Å². The number of nitrogens with zero attached hydrogens (tertiary/aromatic N) is 2. The van der Waals surface area contributed by atoms with Gasteiger partial charge >= 0.3 is 0 Å². The lowest BCUT2D eigenvalue weighted by atomic mass is 10.2. The molecule has 0 amide bonds. The first-order valence-electron chi connectivity index (χ1n) is 5.65. The minimum absolute atomic E-state index is 0.294. The zero-order valence-electron chi connectivity index (χ0n) is 8.97. The van der Waals surface area contributed by atoms with Gasteiger partial charge in [0.15, 0.2) is 0 Å². The Morgan fingerprint density at radius 2 is 2.40 bits per heavy atom. The Hall–Kier alpha value is -0.930. The van der Waals surface area contributed by atoms with Gasteiger partial charge in [-0.25, -0.2) is 0 Å².